The summed E-state index contributed by atoms with van der Waals surface area (Å²) >= 11 is 0. The smallest absolute Gasteiger partial charge is 0.309 e. The monoisotopic (exact) mass is 255 g/mol. The lowest BCUT2D eigenvalue weighted by atomic mass is 9.76. The quantitative estimate of drug-likeness (QED) is 0.674. The molecule has 3 nitrogen and oxygen atoms in total. The van der Waals surface area contributed by atoms with E-state index in [1.54, 1.807) is 0 Å². The molecule has 0 spiro atoms. The fraction of sp³-hybridized carbons (Fsp3) is 0.933. The van der Waals surface area contributed by atoms with E-state index in [2.05, 4.69) is 11.8 Å². The van der Waals surface area contributed by atoms with E-state index in [1.807, 2.05) is 6.92 Å². The zero-order valence-electron chi connectivity index (χ0n) is 12.1. The molecule has 0 atom stereocenters. The first-order valence-electron chi connectivity index (χ1n) is 7.60. The summed E-state index contributed by atoms with van der Waals surface area (Å²) in [5.41, 5.74) is -0.432. The van der Waals surface area contributed by atoms with Gasteiger partial charge in [0.15, 0.2) is 0 Å². The zero-order chi connectivity index (χ0) is 13.4. The molecule has 18 heavy (non-hydrogen) atoms. The molecule has 3 heteroatoms. The van der Waals surface area contributed by atoms with Crippen molar-refractivity contribution in [1.29, 1.82) is 0 Å². The fourth-order valence-corrected chi connectivity index (χ4v) is 2.86. The molecule has 0 bridgehead atoms. The highest BCUT2D eigenvalue weighted by Gasteiger charge is 2.39. The molecule has 1 aliphatic rings. The van der Waals surface area contributed by atoms with E-state index in [9.17, 15) is 9.90 Å². The van der Waals surface area contributed by atoms with Crippen LogP contribution in [0.5, 0.6) is 0 Å². The van der Waals surface area contributed by atoms with Gasteiger partial charge in [-0.25, -0.2) is 0 Å². The molecule has 0 aromatic carbocycles. The maximum absolute atomic E-state index is 11.3. The lowest BCUT2D eigenvalue weighted by Gasteiger charge is -2.38. The molecule has 0 aliphatic carbocycles. The number of carboxylic acid groups (broad SMARTS) is 1. The van der Waals surface area contributed by atoms with Gasteiger partial charge in [-0.15, -0.1) is 0 Å². The molecule has 0 amide bonds. The molecule has 1 rings (SSSR count). The van der Waals surface area contributed by atoms with E-state index in [0.29, 0.717) is 0 Å². The Labute approximate surface area is 112 Å². The second-order valence-corrected chi connectivity index (χ2v) is 5.69. The van der Waals surface area contributed by atoms with Crippen LogP contribution in [0, 0.1) is 5.41 Å². The van der Waals surface area contributed by atoms with Crippen molar-refractivity contribution in [1.82, 2.24) is 4.90 Å². The Bertz CT molecular complexity index is 245. The molecule has 0 aromatic rings. The van der Waals surface area contributed by atoms with Gasteiger partial charge in [-0.3, -0.25) is 4.79 Å². The summed E-state index contributed by atoms with van der Waals surface area (Å²) in [7, 11) is 0. The normalized spacial score (nSPS) is 19.9. The molecule has 0 saturated carbocycles. The van der Waals surface area contributed by atoms with Crippen LogP contribution in [-0.2, 0) is 4.79 Å². The Morgan fingerprint density at radius 2 is 1.72 bits per heavy atom. The van der Waals surface area contributed by atoms with Crippen LogP contribution in [0.1, 0.15) is 65.2 Å². The van der Waals surface area contributed by atoms with Crippen LogP contribution in [0.25, 0.3) is 0 Å². The lowest BCUT2D eigenvalue weighted by Crippen LogP contribution is -2.44. The fourth-order valence-electron chi connectivity index (χ4n) is 2.86. The number of hydrogen-bond acceptors (Lipinski definition) is 2. The molecule has 0 aromatic heterocycles. The molecular formula is C15H29NO2. The van der Waals surface area contributed by atoms with E-state index < -0.39 is 11.4 Å². The van der Waals surface area contributed by atoms with Gasteiger partial charge in [-0.1, -0.05) is 39.5 Å². The zero-order valence-corrected chi connectivity index (χ0v) is 12.1. The van der Waals surface area contributed by atoms with Crippen molar-refractivity contribution in [2.24, 2.45) is 5.41 Å². The highest BCUT2D eigenvalue weighted by Crippen LogP contribution is 2.35. The summed E-state index contributed by atoms with van der Waals surface area (Å²) in [4.78, 5) is 13.8. The Morgan fingerprint density at radius 1 is 1.11 bits per heavy atom. The summed E-state index contributed by atoms with van der Waals surface area (Å²) in [6.07, 6.45) is 9.00. The maximum Gasteiger partial charge on any atom is 0.309 e. The lowest BCUT2D eigenvalue weighted by molar-refractivity contribution is -0.152. The van der Waals surface area contributed by atoms with Crippen molar-refractivity contribution in [3.63, 3.8) is 0 Å². The van der Waals surface area contributed by atoms with E-state index >= 15 is 0 Å². The third kappa shape index (κ3) is 4.27. The van der Waals surface area contributed by atoms with Crippen LogP contribution in [0.2, 0.25) is 0 Å². The number of rotatable bonds is 8. The molecule has 1 fully saturated rings. The number of piperidine rings is 1. The average molecular weight is 255 g/mol. The SMILES string of the molecule is CCCCCCCN1CCC(CC)(C(=O)O)CC1. The van der Waals surface area contributed by atoms with Crippen molar-refractivity contribution < 1.29 is 9.90 Å². The molecule has 1 heterocycles. The number of hydrogen-bond donors (Lipinski definition) is 1. The van der Waals surface area contributed by atoms with Crippen LogP contribution in [-0.4, -0.2) is 35.6 Å². The first-order chi connectivity index (χ1) is 8.64. The number of unbranched alkanes of at least 4 members (excludes halogenated alkanes) is 4. The van der Waals surface area contributed by atoms with Crippen LogP contribution in [0.4, 0.5) is 0 Å². The Balaban J connectivity index is 2.20. The summed E-state index contributed by atoms with van der Waals surface area (Å²) in [6.45, 7) is 7.33. The molecule has 106 valence electrons. The van der Waals surface area contributed by atoms with E-state index in [-0.39, 0.29) is 0 Å². The summed E-state index contributed by atoms with van der Waals surface area (Å²) in [5.74, 6) is -0.590. The van der Waals surface area contributed by atoms with Crippen molar-refractivity contribution in [2.75, 3.05) is 19.6 Å². The van der Waals surface area contributed by atoms with Gasteiger partial charge in [-0.2, -0.15) is 0 Å². The molecule has 0 radical (unpaired) electrons. The highest BCUT2D eigenvalue weighted by molar-refractivity contribution is 5.74. The number of carboxylic acids is 1. The number of nitrogens with zero attached hydrogens (tertiary/aromatic N) is 1. The molecule has 1 aliphatic heterocycles. The minimum absolute atomic E-state index is 0.432. The minimum Gasteiger partial charge on any atom is -0.481 e. The Morgan fingerprint density at radius 3 is 2.22 bits per heavy atom. The van der Waals surface area contributed by atoms with Gasteiger partial charge in [0.1, 0.15) is 0 Å². The van der Waals surface area contributed by atoms with E-state index in [1.165, 1.54) is 32.1 Å². The summed E-state index contributed by atoms with van der Waals surface area (Å²) in [5, 5.41) is 9.33. The Hall–Kier alpha value is -0.570. The predicted molar refractivity (Wildman–Crippen MR) is 74.8 cm³/mol. The van der Waals surface area contributed by atoms with Crippen molar-refractivity contribution in [3.8, 4) is 0 Å². The third-order valence-corrected chi connectivity index (χ3v) is 4.52. The van der Waals surface area contributed by atoms with Gasteiger partial charge < -0.3 is 10.0 Å². The van der Waals surface area contributed by atoms with Gasteiger partial charge in [0.2, 0.25) is 0 Å². The second kappa shape index (κ2) is 7.78. The molecule has 0 unspecified atom stereocenters. The molecule has 1 N–H and O–H groups in total. The van der Waals surface area contributed by atoms with Crippen molar-refractivity contribution >= 4 is 5.97 Å². The van der Waals surface area contributed by atoms with E-state index in [4.69, 9.17) is 0 Å². The van der Waals surface area contributed by atoms with Gasteiger partial charge in [0.25, 0.3) is 0 Å². The van der Waals surface area contributed by atoms with Crippen molar-refractivity contribution in [2.45, 2.75) is 65.2 Å². The van der Waals surface area contributed by atoms with Gasteiger partial charge in [0, 0.05) is 0 Å². The summed E-state index contributed by atoms with van der Waals surface area (Å²) < 4.78 is 0. The largest absolute Gasteiger partial charge is 0.481 e. The standard InChI is InChI=1S/C15H29NO2/c1-3-5-6-7-8-11-16-12-9-15(4-2,10-13-16)14(17)18/h3-13H2,1-2H3,(H,17,18). The number of likely N-dealkylation sites (tertiary alicyclic amines) is 1. The Kier molecular flexibility index (Phi) is 6.69. The second-order valence-electron chi connectivity index (χ2n) is 5.69. The number of aliphatic carboxylic acids is 1. The van der Waals surface area contributed by atoms with Crippen LogP contribution in [0.3, 0.4) is 0 Å². The predicted octanol–water partition coefficient (Wildman–Crippen LogP) is 3.53. The topological polar surface area (TPSA) is 40.5 Å². The minimum atomic E-state index is -0.590. The van der Waals surface area contributed by atoms with Gasteiger partial charge in [0.05, 0.1) is 5.41 Å². The highest BCUT2D eigenvalue weighted by atomic mass is 16.4. The van der Waals surface area contributed by atoms with Crippen LogP contribution < -0.4 is 0 Å². The molecular weight excluding hydrogens is 226 g/mol. The van der Waals surface area contributed by atoms with Gasteiger partial charge >= 0.3 is 5.97 Å². The van der Waals surface area contributed by atoms with Gasteiger partial charge in [-0.05, 0) is 45.3 Å². The molecule has 1 saturated heterocycles. The summed E-state index contributed by atoms with van der Waals surface area (Å²) in [6, 6.07) is 0. The van der Waals surface area contributed by atoms with Crippen molar-refractivity contribution in [3.05, 3.63) is 0 Å². The first kappa shape index (κ1) is 15.5. The third-order valence-electron chi connectivity index (χ3n) is 4.52. The van der Waals surface area contributed by atoms with Crippen LogP contribution in [0.15, 0.2) is 0 Å². The van der Waals surface area contributed by atoms with E-state index in [0.717, 1.165) is 38.9 Å². The maximum atomic E-state index is 11.3. The average Bonchev–Trinajstić information content (AvgIpc) is 2.39. The van der Waals surface area contributed by atoms with Crippen LogP contribution >= 0.6 is 0 Å². The first-order valence-corrected chi connectivity index (χ1v) is 7.60. The number of carbonyl (C=O) groups is 1.